The van der Waals surface area contributed by atoms with Crippen LogP contribution < -0.4 is 10.6 Å². The Hall–Kier alpha value is -1.43. The molecule has 1 aliphatic carbocycles. The monoisotopic (exact) mass is 351 g/mol. The molecule has 124 valence electrons. The van der Waals surface area contributed by atoms with Crippen LogP contribution in [0, 0.1) is 19.8 Å². The summed E-state index contributed by atoms with van der Waals surface area (Å²) in [7, 11) is 0. The molecule has 0 radical (unpaired) electrons. The van der Waals surface area contributed by atoms with E-state index < -0.39 is 0 Å². The molecule has 1 fully saturated rings. The van der Waals surface area contributed by atoms with Gasteiger partial charge < -0.3 is 10.6 Å². The summed E-state index contributed by atoms with van der Waals surface area (Å²) in [6.07, 6.45) is 2.58. The normalized spacial score (nSPS) is 13.5. The first-order chi connectivity index (χ1) is 10.6. The van der Waals surface area contributed by atoms with E-state index in [1.165, 1.54) is 29.7 Å². The molecule has 1 saturated carbocycles. The number of carbonyl (C=O) groups is 1. The third-order valence-electron chi connectivity index (χ3n) is 3.78. The number of hydrogen-bond acceptors (Lipinski definition) is 4. The number of nitrogens with one attached hydrogen (secondary N) is 2. The van der Waals surface area contributed by atoms with Crippen LogP contribution in [0.15, 0.2) is 24.3 Å². The highest BCUT2D eigenvalue weighted by Gasteiger charge is 2.20. The molecule has 0 saturated heterocycles. The van der Waals surface area contributed by atoms with Gasteiger partial charge in [-0.2, -0.15) is 0 Å². The largest absolute Gasteiger partial charge is 0.308 e. The Morgan fingerprint density at radius 3 is 2.61 bits per heavy atom. The summed E-state index contributed by atoms with van der Waals surface area (Å²) in [5.74, 6) is 0.757. The number of nitrogens with zero attached hydrogens (tertiary/aromatic N) is 1. The molecule has 0 bridgehead atoms. The molecule has 3 rings (SSSR count). The fraction of sp³-hybridized carbons (Fsp3) is 0.412. The lowest BCUT2D eigenvalue weighted by molar-refractivity contribution is -0.115. The number of anilines is 1. The Kier molecular flexibility index (Phi) is 6.16. The molecule has 23 heavy (non-hydrogen) atoms. The van der Waals surface area contributed by atoms with Crippen LogP contribution in [0.4, 0.5) is 5.13 Å². The van der Waals surface area contributed by atoms with Crippen LogP contribution in [-0.2, 0) is 4.79 Å². The molecule has 1 aliphatic rings. The van der Waals surface area contributed by atoms with E-state index in [0.717, 1.165) is 28.6 Å². The van der Waals surface area contributed by atoms with Crippen molar-refractivity contribution in [3.63, 3.8) is 0 Å². The number of aryl methyl sites for hydroxylation is 2. The SMILES string of the molecule is Cc1ccc(-c2nc(NC(=O)CNCC3CC3)sc2C)cc1.Cl. The van der Waals surface area contributed by atoms with Gasteiger partial charge in [0.15, 0.2) is 5.13 Å². The summed E-state index contributed by atoms with van der Waals surface area (Å²) in [4.78, 5) is 17.6. The second-order valence-corrected chi connectivity index (χ2v) is 7.12. The first-order valence-corrected chi connectivity index (χ1v) is 8.48. The lowest BCUT2D eigenvalue weighted by Crippen LogP contribution is -2.29. The van der Waals surface area contributed by atoms with Gasteiger partial charge in [0.05, 0.1) is 12.2 Å². The standard InChI is InChI=1S/C17H21N3OS.ClH/c1-11-3-7-14(8-4-11)16-12(2)22-17(20-16)19-15(21)10-18-9-13-5-6-13;/h3-4,7-8,13,18H,5-6,9-10H2,1-2H3,(H,19,20,21);1H. The van der Waals surface area contributed by atoms with Gasteiger partial charge in [-0.1, -0.05) is 29.8 Å². The number of hydrogen-bond donors (Lipinski definition) is 2. The first-order valence-electron chi connectivity index (χ1n) is 7.67. The molecule has 6 heteroatoms. The summed E-state index contributed by atoms with van der Waals surface area (Å²) in [6, 6.07) is 8.29. The van der Waals surface area contributed by atoms with Crippen molar-refractivity contribution < 1.29 is 4.79 Å². The van der Waals surface area contributed by atoms with Crippen LogP contribution in [-0.4, -0.2) is 24.0 Å². The fourth-order valence-corrected chi connectivity index (χ4v) is 3.16. The van der Waals surface area contributed by atoms with Crippen molar-refractivity contribution in [1.29, 1.82) is 0 Å². The van der Waals surface area contributed by atoms with Gasteiger partial charge in [0.25, 0.3) is 0 Å². The molecule has 1 aromatic heterocycles. The number of carbonyl (C=O) groups excluding carboxylic acids is 1. The van der Waals surface area contributed by atoms with Crippen molar-refractivity contribution in [2.75, 3.05) is 18.4 Å². The molecule has 1 heterocycles. The van der Waals surface area contributed by atoms with Crippen LogP contribution in [0.1, 0.15) is 23.3 Å². The van der Waals surface area contributed by atoms with Crippen LogP contribution in [0.25, 0.3) is 11.3 Å². The molecule has 1 aromatic carbocycles. The topological polar surface area (TPSA) is 54.0 Å². The van der Waals surface area contributed by atoms with Gasteiger partial charge in [0.2, 0.25) is 5.91 Å². The second kappa shape index (κ2) is 7.90. The van der Waals surface area contributed by atoms with Crippen LogP contribution >= 0.6 is 23.7 Å². The van der Waals surface area contributed by atoms with Gasteiger partial charge in [0.1, 0.15) is 0 Å². The van der Waals surface area contributed by atoms with Gasteiger partial charge in [-0.25, -0.2) is 4.98 Å². The van der Waals surface area contributed by atoms with Gasteiger partial charge >= 0.3 is 0 Å². The Morgan fingerprint density at radius 2 is 1.96 bits per heavy atom. The zero-order valence-electron chi connectivity index (χ0n) is 13.4. The van der Waals surface area contributed by atoms with E-state index in [1.54, 1.807) is 0 Å². The van der Waals surface area contributed by atoms with Gasteiger partial charge in [-0.3, -0.25) is 4.79 Å². The van der Waals surface area contributed by atoms with Crippen LogP contribution in [0.2, 0.25) is 0 Å². The van der Waals surface area contributed by atoms with Crippen molar-refractivity contribution in [3.8, 4) is 11.3 Å². The first kappa shape index (κ1) is 17.9. The number of halogens is 1. The van der Waals surface area contributed by atoms with Gasteiger partial charge in [-0.05, 0) is 39.2 Å². The molecular formula is C17H22ClN3OS. The average Bonchev–Trinajstić information content (AvgIpc) is 3.23. The lowest BCUT2D eigenvalue weighted by Gasteiger charge is -2.03. The summed E-state index contributed by atoms with van der Waals surface area (Å²) in [6.45, 7) is 5.40. The third-order valence-corrected chi connectivity index (χ3v) is 4.67. The summed E-state index contributed by atoms with van der Waals surface area (Å²) < 4.78 is 0. The fourth-order valence-electron chi connectivity index (χ4n) is 2.30. The molecule has 2 N–H and O–H groups in total. The second-order valence-electron chi connectivity index (χ2n) is 5.91. The maximum absolute atomic E-state index is 11.9. The smallest absolute Gasteiger partial charge is 0.240 e. The van der Waals surface area contributed by atoms with Crippen LogP contribution in [0.5, 0.6) is 0 Å². The minimum Gasteiger partial charge on any atom is -0.308 e. The molecule has 4 nitrogen and oxygen atoms in total. The van der Waals surface area contributed by atoms with Crippen LogP contribution in [0.3, 0.4) is 0 Å². The molecule has 0 atom stereocenters. The van der Waals surface area contributed by atoms with E-state index in [4.69, 9.17) is 0 Å². The zero-order chi connectivity index (χ0) is 15.5. The minimum absolute atomic E-state index is 0. The molecule has 1 amide bonds. The van der Waals surface area contributed by atoms with Gasteiger partial charge in [0, 0.05) is 10.4 Å². The van der Waals surface area contributed by atoms with Crippen molar-refractivity contribution in [1.82, 2.24) is 10.3 Å². The van der Waals surface area contributed by atoms with E-state index in [1.807, 2.05) is 6.92 Å². The number of thiazole rings is 1. The Bertz CT molecular complexity index is 665. The molecule has 0 unspecified atom stereocenters. The van der Waals surface area contributed by atoms with E-state index >= 15 is 0 Å². The highest BCUT2D eigenvalue weighted by Crippen LogP contribution is 2.30. The average molecular weight is 352 g/mol. The van der Waals surface area contributed by atoms with Crippen molar-refractivity contribution in [2.45, 2.75) is 26.7 Å². The highest BCUT2D eigenvalue weighted by atomic mass is 35.5. The number of rotatable bonds is 6. The van der Waals surface area contributed by atoms with Crippen molar-refractivity contribution in [3.05, 3.63) is 34.7 Å². The van der Waals surface area contributed by atoms with E-state index in [9.17, 15) is 4.79 Å². The van der Waals surface area contributed by atoms with Gasteiger partial charge in [-0.15, -0.1) is 23.7 Å². The lowest BCUT2D eigenvalue weighted by atomic mass is 10.1. The molecule has 0 spiro atoms. The van der Waals surface area contributed by atoms with E-state index in [-0.39, 0.29) is 18.3 Å². The minimum atomic E-state index is -0.0233. The highest BCUT2D eigenvalue weighted by molar-refractivity contribution is 7.16. The van der Waals surface area contributed by atoms with Crippen molar-refractivity contribution in [2.24, 2.45) is 5.92 Å². The summed E-state index contributed by atoms with van der Waals surface area (Å²) >= 11 is 1.52. The van der Waals surface area contributed by atoms with Crippen molar-refractivity contribution >= 4 is 34.8 Å². The maximum atomic E-state index is 11.9. The van der Waals surface area contributed by atoms with E-state index in [2.05, 4.69) is 46.8 Å². The molecule has 2 aromatic rings. The van der Waals surface area contributed by atoms with E-state index in [0.29, 0.717) is 11.7 Å². The molecule has 0 aliphatic heterocycles. The Balaban J connectivity index is 0.00000192. The summed E-state index contributed by atoms with van der Waals surface area (Å²) in [5.41, 5.74) is 3.27. The summed E-state index contributed by atoms with van der Waals surface area (Å²) in [5, 5.41) is 6.75. The number of aromatic nitrogens is 1. The Morgan fingerprint density at radius 1 is 1.26 bits per heavy atom. The number of amides is 1. The predicted octanol–water partition coefficient (Wildman–Crippen LogP) is 3.79. The maximum Gasteiger partial charge on any atom is 0.240 e. The quantitative estimate of drug-likeness (QED) is 0.832. The molecular weight excluding hydrogens is 330 g/mol. The number of benzene rings is 1. The zero-order valence-corrected chi connectivity index (χ0v) is 15.0. The third kappa shape index (κ3) is 5.03. The predicted molar refractivity (Wildman–Crippen MR) is 98.5 cm³/mol. The Labute approximate surface area is 147 Å².